The maximum Gasteiger partial charge on any atom is 0.279 e. The summed E-state index contributed by atoms with van der Waals surface area (Å²) in [6.07, 6.45) is 1.24. The van der Waals surface area contributed by atoms with Gasteiger partial charge in [0.05, 0.1) is 22.9 Å². The van der Waals surface area contributed by atoms with Crippen molar-refractivity contribution in [1.82, 2.24) is 4.41 Å². The van der Waals surface area contributed by atoms with Gasteiger partial charge in [0.2, 0.25) is 10.0 Å². The molecule has 172 valence electrons. The molecule has 0 aliphatic carbocycles. The molecular formula is C23H22FN3O4S2. The van der Waals surface area contributed by atoms with Gasteiger partial charge in [0.15, 0.2) is 0 Å². The quantitative estimate of drug-likeness (QED) is 0.568. The van der Waals surface area contributed by atoms with E-state index >= 15 is 0 Å². The predicted octanol–water partition coefficient (Wildman–Crippen LogP) is 4.05. The number of nitrogens with one attached hydrogen (secondary N) is 1. The fourth-order valence-electron chi connectivity index (χ4n) is 3.64. The molecule has 4 rings (SSSR count). The second kappa shape index (κ2) is 8.60. The van der Waals surface area contributed by atoms with Crippen molar-refractivity contribution in [3.05, 3.63) is 95.3 Å². The lowest BCUT2D eigenvalue weighted by molar-refractivity contribution is 0.370. The minimum atomic E-state index is -4.03. The van der Waals surface area contributed by atoms with E-state index in [9.17, 15) is 21.2 Å². The summed E-state index contributed by atoms with van der Waals surface area (Å²) < 4.78 is 67.6. The SMILES string of the molecule is Cc1ccc(S(=O)(=O)N2N=C(c3cccc(NS(C)(=O)=O)c3)C[C@@H]2c2cccc(F)c2)cc1. The first-order valence-electron chi connectivity index (χ1n) is 10.1. The van der Waals surface area contributed by atoms with Crippen molar-refractivity contribution in [1.29, 1.82) is 0 Å². The van der Waals surface area contributed by atoms with Crippen LogP contribution in [0.25, 0.3) is 0 Å². The van der Waals surface area contributed by atoms with Gasteiger partial charge in [0.25, 0.3) is 10.0 Å². The van der Waals surface area contributed by atoms with Gasteiger partial charge in [-0.15, -0.1) is 0 Å². The van der Waals surface area contributed by atoms with Gasteiger partial charge in [0.1, 0.15) is 5.82 Å². The van der Waals surface area contributed by atoms with Gasteiger partial charge in [-0.3, -0.25) is 4.72 Å². The number of sulfonamides is 2. The number of benzene rings is 3. The zero-order valence-corrected chi connectivity index (χ0v) is 19.6. The second-order valence-corrected chi connectivity index (χ2v) is 11.4. The number of hydrogen-bond acceptors (Lipinski definition) is 5. The van der Waals surface area contributed by atoms with Gasteiger partial charge in [-0.1, -0.05) is 42.0 Å². The number of halogens is 1. The molecule has 3 aromatic carbocycles. The zero-order chi connectivity index (χ0) is 23.8. The van der Waals surface area contributed by atoms with E-state index in [-0.39, 0.29) is 11.3 Å². The molecule has 1 aliphatic rings. The van der Waals surface area contributed by atoms with Crippen LogP contribution in [0.4, 0.5) is 10.1 Å². The summed E-state index contributed by atoms with van der Waals surface area (Å²) in [5.74, 6) is -0.479. The lowest BCUT2D eigenvalue weighted by atomic mass is 9.99. The summed E-state index contributed by atoms with van der Waals surface area (Å²) in [7, 11) is -7.52. The van der Waals surface area contributed by atoms with E-state index in [1.807, 2.05) is 6.92 Å². The topological polar surface area (TPSA) is 95.9 Å². The first kappa shape index (κ1) is 22.9. The van der Waals surface area contributed by atoms with Crippen molar-refractivity contribution in [3.63, 3.8) is 0 Å². The van der Waals surface area contributed by atoms with Gasteiger partial charge >= 0.3 is 0 Å². The van der Waals surface area contributed by atoms with Crippen molar-refractivity contribution in [2.75, 3.05) is 11.0 Å². The van der Waals surface area contributed by atoms with Crippen LogP contribution < -0.4 is 4.72 Å². The zero-order valence-electron chi connectivity index (χ0n) is 17.9. The largest absolute Gasteiger partial charge is 0.284 e. The van der Waals surface area contributed by atoms with Crippen molar-refractivity contribution in [2.24, 2.45) is 5.10 Å². The monoisotopic (exact) mass is 487 g/mol. The Balaban J connectivity index is 1.79. The Bertz CT molecular complexity index is 1440. The van der Waals surface area contributed by atoms with Crippen molar-refractivity contribution in [3.8, 4) is 0 Å². The minimum absolute atomic E-state index is 0.0759. The molecule has 0 radical (unpaired) electrons. The predicted molar refractivity (Wildman–Crippen MR) is 125 cm³/mol. The van der Waals surface area contributed by atoms with Gasteiger partial charge < -0.3 is 0 Å². The highest BCUT2D eigenvalue weighted by atomic mass is 32.2. The molecule has 1 atom stereocenters. The maximum atomic E-state index is 14.0. The Hall–Kier alpha value is -3.24. The minimum Gasteiger partial charge on any atom is -0.284 e. The number of hydrazone groups is 1. The molecule has 1 heterocycles. The molecule has 0 fully saturated rings. The molecule has 0 amide bonds. The second-order valence-electron chi connectivity index (χ2n) is 7.87. The molecular weight excluding hydrogens is 465 g/mol. The standard InChI is InChI=1S/C23H22FN3O4S2/c1-16-9-11-21(12-10-16)33(30,31)27-23(18-6-3-7-19(24)13-18)15-22(25-27)17-5-4-8-20(14-17)26-32(2,28)29/h3-14,23,26H,15H2,1-2H3/t23-/m1/s1. The van der Waals surface area contributed by atoms with Gasteiger partial charge in [-0.2, -0.15) is 17.9 Å². The molecule has 0 spiro atoms. The summed E-state index contributed by atoms with van der Waals surface area (Å²) in [5.41, 5.74) is 2.72. The van der Waals surface area contributed by atoms with E-state index in [2.05, 4.69) is 9.82 Å². The normalized spacial score (nSPS) is 16.5. The summed E-state index contributed by atoms with van der Waals surface area (Å²) in [5, 5.41) is 4.42. The van der Waals surface area contributed by atoms with Crippen LogP contribution >= 0.6 is 0 Å². The van der Waals surface area contributed by atoms with Crippen molar-refractivity contribution in [2.45, 2.75) is 24.3 Å². The maximum absolute atomic E-state index is 14.0. The average molecular weight is 488 g/mol. The molecule has 0 saturated heterocycles. The van der Waals surface area contributed by atoms with Crippen molar-refractivity contribution >= 4 is 31.4 Å². The third-order valence-electron chi connectivity index (χ3n) is 5.17. The molecule has 1 N–H and O–H groups in total. The van der Waals surface area contributed by atoms with Crippen LogP contribution in [0, 0.1) is 12.7 Å². The van der Waals surface area contributed by atoms with Crippen LogP contribution in [0.3, 0.4) is 0 Å². The van der Waals surface area contributed by atoms with E-state index < -0.39 is 31.9 Å². The summed E-state index contributed by atoms with van der Waals surface area (Å²) in [6.45, 7) is 1.86. The van der Waals surface area contributed by atoms with Crippen LogP contribution in [0.15, 0.2) is 82.8 Å². The average Bonchev–Trinajstić information content (AvgIpc) is 3.20. The van der Waals surface area contributed by atoms with Crippen LogP contribution in [-0.2, 0) is 20.0 Å². The molecule has 0 saturated carbocycles. The third kappa shape index (κ3) is 5.07. The number of rotatable bonds is 6. The lowest BCUT2D eigenvalue weighted by Gasteiger charge is -2.23. The van der Waals surface area contributed by atoms with Gasteiger partial charge in [-0.25, -0.2) is 12.8 Å². The Labute approximate surface area is 192 Å². The Morgan fingerprint density at radius 2 is 1.67 bits per heavy atom. The lowest BCUT2D eigenvalue weighted by Crippen LogP contribution is -2.27. The first-order chi connectivity index (χ1) is 15.5. The molecule has 0 bridgehead atoms. The smallest absolute Gasteiger partial charge is 0.279 e. The van der Waals surface area contributed by atoms with E-state index in [0.717, 1.165) is 16.2 Å². The fraction of sp³-hybridized carbons (Fsp3) is 0.174. The molecule has 10 heteroatoms. The molecule has 3 aromatic rings. The number of anilines is 1. The molecule has 7 nitrogen and oxygen atoms in total. The van der Waals surface area contributed by atoms with E-state index in [4.69, 9.17) is 0 Å². The molecule has 0 aromatic heterocycles. The van der Waals surface area contributed by atoms with Crippen LogP contribution in [-0.4, -0.2) is 33.2 Å². The molecule has 33 heavy (non-hydrogen) atoms. The highest BCUT2D eigenvalue weighted by Crippen LogP contribution is 2.37. The summed E-state index contributed by atoms with van der Waals surface area (Å²) in [4.78, 5) is 0.0759. The summed E-state index contributed by atoms with van der Waals surface area (Å²) in [6, 6.07) is 18.0. The van der Waals surface area contributed by atoms with Crippen LogP contribution in [0.1, 0.15) is 29.2 Å². The van der Waals surface area contributed by atoms with Crippen LogP contribution in [0.2, 0.25) is 0 Å². The van der Waals surface area contributed by atoms with Crippen LogP contribution in [0.5, 0.6) is 0 Å². The van der Waals surface area contributed by atoms with Gasteiger partial charge in [0, 0.05) is 12.1 Å². The highest BCUT2D eigenvalue weighted by molar-refractivity contribution is 7.92. The van der Waals surface area contributed by atoms with E-state index in [0.29, 0.717) is 22.5 Å². The Kier molecular flexibility index (Phi) is 5.98. The number of nitrogens with zero attached hydrogens (tertiary/aromatic N) is 2. The molecule has 0 unspecified atom stereocenters. The number of hydrogen-bond donors (Lipinski definition) is 1. The molecule has 1 aliphatic heterocycles. The Morgan fingerprint density at radius 1 is 0.970 bits per heavy atom. The third-order valence-corrected chi connectivity index (χ3v) is 7.47. The first-order valence-corrected chi connectivity index (χ1v) is 13.4. The highest BCUT2D eigenvalue weighted by Gasteiger charge is 2.38. The van der Waals surface area contributed by atoms with Gasteiger partial charge in [-0.05, 0) is 54.4 Å². The summed E-state index contributed by atoms with van der Waals surface area (Å²) >= 11 is 0. The van der Waals surface area contributed by atoms with E-state index in [1.54, 1.807) is 42.5 Å². The Morgan fingerprint density at radius 3 is 2.33 bits per heavy atom. The van der Waals surface area contributed by atoms with Crippen molar-refractivity contribution < 1.29 is 21.2 Å². The number of aryl methyl sites for hydroxylation is 1. The fourth-order valence-corrected chi connectivity index (χ4v) is 5.63. The van der Waals surface area contributed by atoms with E-state index in [1.165, 1.54) is 30.3 Å².